The van der Waals surface area contributed by atoms with Crippen LogP contribution in [-0.2, 0) is 28.6 Å². The minimum absolute atomic E-state index is 0.0645. The van der Waals surface area contributed by atoms with Gasteiger partial charge in [0.2, 0.25) is 0 Å². The second-order valence-electron chi connectivity index (χ2n) is 18.4. The number of rotatable bonds is 45. The van der Waals surface area contributed by atoms with Gasteiger partial charge >= 0.3 is 17.9 Å². The lowest BCUT2D eigenvalue weighted by Crippen LogP contribution is -2.30. The summed E-state index contributed by atoms with van der Waals surface area (Å²) in [6, 6.07) is 0. The smallest absolute Gasteiger partial charge is 0.306 e. The average molecular weight is 807 g/mol. The van der Waals surface area contributed by atoms with Crippen molar-refractivity contribution in [1.29, 1.82) is 0 Å². The molecule has 0 saturated heterocycles. The van der Waals surface area contributed by atoms with Gasteiger partial charge in [0.1, 0.15) is 13.2 Å². The van der Waals surface area contributed by atoms with Crippen molar-refractivity contribution in [2.45, 2.75) is 285 Å². The Balaban J connectivity index is 4.29. The van der Waals surface area contributed by atoms with Gasteiger partial charge in [0.25, 0.3) is 0 Å². The van der Waals surface area contributed by atoms with Gasteiger partial charge in [0, 0.05) is 19.3 Å². The van der Waals surface area contributed by atoms with Gasteiger partial charge in [0.05, 0.1) is 0 Å². The number of carbonyl (C=O) groups excluding carboxylic acids is 3. The molecule has 0 fully saturated rings. The fourth-order valence-corrected chi connectivity index (χ4v) is 7.64. The molecule has 0 unspecified atom stereocenters. The van der Waals surface area contributed by atoms with E-state index < -0.39 is 6.10 Å². The fourth-order valence-electron chi connectivity index (χ4n) is 7.64. The van der Waals surface area contributed by atoms with Crippen LogP contribution in [0.15, 0.2) is 0 Å². The van der Waals surface area contributed by atoms with Crippen LogP contribution in [0.1, 0.15) is 279 Å². The first-order chi connectivity index (χ1) is 27.7. The van der Waals surface area contributed by atoms with Gasteiger partial charge in [-0.1, -0.05) is 240 Å². The van der Waals surface area contributed by atoms with Crippen molar-refractivity contribution in [1.82, 2.24) is 0 Å². The van der Waals surface area contributed by atoms with Gasteiger partial charge < -0.3 is 14.2 Å². The van der Waals surface area contributed by atoms with Crippen LogP contribution in [0.25, 0.3) is 0 Å². The third-order valence-corrected chi connectivity index (χ3v) is 11.5. The van der Waals surface area contributed by atoms with E-state index >= 15 is 0 Å². The maximum absolute atomic E-state index is 12.8. The third-order valence-electron chi connectivity index (χ3n) is 11.5. The molecule has 0 aromatic carbocycles. The average Bonchev–Trinajstić information content (AvgIpc) is 3.18. The van der Waals surface area contributed by atoms with Crippen molar-refractivity contribution in [3.8, 4) is 0 Å². The highest BCUT2D eigenvalue weighted by Gasteiger charge is 2.19. The minimum Gasteiger partial charge on any atom is -0.462 e. The zero-order chi connectivity index (χ0) is 41.9. The zero-order valence-corrected chi connectivity index (χ0v) is 39.0. The molecule has 0 aliphatic rings. The first-order valence-electron chi connectivity index (χ1n) is 25.2. The Morgan fingerprint density at radius 2 is 0.579 bits per heavy atom. The molecule has 0 rings (SSSR count). The van der Waals surface area contributed by atoms with Crippen molar-refractivity contribution < 1.29 is 28.6 Å². The van der Waals surface area contributed by atoms with Crippen molar-refractivity contribution >= 4 is 17.9 Å². The molecular formula is C51H98O6. The molecule has 57 heavy (non-hydrogen) atoms. The summed E-state index contributed by atoms with van der Waals surface area (Å²) in [6.07, 6.45) is 43.8. The summed E-state index contributed by atoms with van der Waals surface area (Å²) in [7, 11) is 0. The number of esters is 3. The normalized spacial score (nSPS) is 12.1. The Bertz CT molecular complexity index is 870. The van der Waals surface area contributed by atoms with E-state index in [9.17, 15) is 14.4 Å². The number of ether oxygens (including phenoxy) is 3. The van der Waals surface area contributed by atoms with Gasteiger partial charge in [-0.3, -0.25) is 14.4 Å². The summed E-state index contributed by atoms with van der Waals surface area (Å²) in [4.78, 5) is 37.8. The SMILES string of the molecule is CCCCCCCCCCCCCCCCCCC(=O)OC[C@@H](COC(=O)CCCCCCCCCC(C)C)OC(=O)CCCCCCCCCCCCC(C)C. The van der Waals surface area contributed by atoms with E-state index in [1.54, 1.807) is 0 Å². The standard InChI is InChI=1S/C51H98O6/c1-6-7-8-9-10-11-12-13-14-15-16-17-21-26-31-36-41-49(52)55-44-48(45-56-50(53)42-37-32-28-23-25-30-35-40-47(4)5)57-51(54)43-38-33-27-22-19-18-20-24-29-34-39-46(2)3/h46-48H,6-45H2,1-5H3/t48-/m0/s1. The Morgan fingerprint density at radius 1 is 0.333 bits per heavy atom. The molecule has 0 spiro atoms. The van der Waals surface area contributed by atoms with Gasteiger partial charge in [-0.05, 0) is 31.1 Å². The van der Waals surface area contributed by atoms with Crippen LogP contribution in [-0.4, -0.2) is 37.2 Å². The predicted molar refractivity (Wildman–Crippen MR) is 243 cm³/mol. The second-order valence-corrected chi connectivity index (χ2v) is 18.4. The molecule has 0 amide bonds. The zero-order valence-electron chi connectivity index (χ0n) is 39.0. The summed E-state index contributed by atoms with van der Waals surface area (Å²) < 4.78 is 16.8. The first-order valence-corrected chi connectivity index (χ1v) is 25.2. The van der Waals surface area contributed by atoms with Crippen LogP contribution in [0.3, 0.4) is 0 Å². The van der Waals surface area contributed by atoms with Crippen LogP contribution in [0.5, 0.6) is 0 Å². The summed E-state index contributed by atoms with van der Waals surface area (Å²) in [5.41, 5.74) is 0. The summed E-state index contributed by atoms with van der Waals surface area (Å²) in [5.74, 6) is 0.744. The maximum atomic E-state index is 12.8. The fraction of sp³-hybridized carbons (Fsp3) is 0.941. The molecule has 0 aromatic heterocycles. The molecule has 0 aliphatic carbocycles. The molecule has 0 radical (unpaired) electrons. The highest BCUT2D eigenvalue weighted by atomic mass is 16.6. The van der Waals surface area contributed by atoms with Crippen LogP contribution >= 0.6 is 0 Å². The summed E-state index contributed by atoms with van der Waals surface area (Å²) in [5, 5.41) is 0. The molecule has 0 aliphatic heterocycles. The summed E-state index contributed by atoms with van der Waals surface area (Å²) >= 11 is 0. The van der Waals surface area contributed by atoms with Crippen LogP contribution < -0.4 is 0 Å². The molecule has 0 aromatic rings. The highest BCUT2D eigenvalue weighted by Crippen LogP contribution is 2.17. The Hall–Kier alpha value is -1.59. The largest absolute Gasteiger partial charge is 0.462 e. The van der Waals surface area contributed by atoms with Gasteiger partial charge in [-0.25, -0.2) is 0 Å². The lowest BCUT2D eigenvalue weighted by atomic mass is 10.0. The van der Waals surface area contributed by atoms with E-state index in [2.05, 4.69) is 34.6 Å². The lowest BCUT2D eigenvalue weighted by molar-refractivity contribution is -0.167. The van der Waals surface area contributed by atoms with E-state index in [0.29, 0.717) is 19.3 Å². The van der Waals surface area contributed by atoms with Gasteiger partial charge in [-0.2, -0.15) is 0 Å². The Morgan fingerprint density at radius 3 is 0.860 bits per heavy atom. The van der Waals surface area contributed by atoms with E-state index in [-0.39, 0.29) is 31.1 Å². The molecule has 0 N–H and O–H groups in total. The van der Waals surface area contributed by atoms with Crippen molar-refractivity contribution in [2.75, 3.05) is 13.2 Å². The van der Waals surface area contributed by atoms with Gasteiger partial charge in [-0.15, -0.1) is 0 Å². The number of hydrogen-bond acceptors (Lipinski definition) is 6. The van der Waals surface area contributed by atoms with E-state index in [1.807, 2.05) is 0 Å². The minimum atomic E-state index is -0.762. The molecule has 1 atom stereocenters. The van der Waals surface area contributed by atoms with Gasteiger partial charge in [0.15, 0.2) is 6.10 Å². The van der Waals surface area contributed by atoms with Crippen molar-refractivity contribution in [3.63, 3.8) is 0 Å². The lowest BCUT2D eigenvalue weighted by Gasteiger charge is -2.18. The molecule has 6 nitrogen and oxygen atoms in total. The topological polar surface area (TPSA) is 78.9 Å². The number of carbonyl (C=O) groups is 3. The highest BCUT2D eigenvalue weighted by molar-refractivity contribution is 5.71. The maximum Gasteiger partial charge on any atom is 0.306 e. The van der Waals surface area contributed by atoms with Crippen LogP contribution in [0.2, 0.25) is 0 Å². The second kappa shape index (κ2) is 44.0. The van der Waals surface area contributed by atoms with E-state index in [1.165, 1.54) is 167 Å². The monoisotopic (exact) mass is 807 g/mol. The number of hydrogen-bond donors (Lipinski definition) is 0. The Labute approximate surface area is 355 Å². The molecule has 338 valence electrons. The quantitative estimate of drug-likeness (QED) is 0.0346. The van der Waals surface area contributed by atoms with Crippen molar-refractivity contribution in [2.24, 2.45) is 11.8 Å². The molecule has 0 heterocycles. The number of unbranched alkanes of at least 4 members (excludes halogenated alkanes) is 30. The third kappa shape index (κ3) is 45.3. The predicted octanol–water partition coefficient (Wildman–Crippen LogP) is 16.1. The van der Waals surface area contributed by atoms with E-state index in [4.69, 9.17) is 14.2 Å². The first kappa shape index (κ1) is 55.4. The molecular weight excluding hydrogens is 709 g/mol. The molecule has 6 heteroatoms. The Kier molecular flexibility index (Phi) is 42.7. The van der Waals surface area contributed by atoms with Crippen LogP contribution in [0, 0.1) is 11.8 Å². The van der Waals surface area contributed by atoms with Crippen molar-refractivity contribution in [3.05, 3.63) is 0 Å². The summed E-state index contributed by atoms with van der Waals surface area (Å²) in [6.45, 7) is 11.3. The molecule has 0 saturated carbocycles. The van der Waals surface area contributed by atoms with E-state index in [0.717, 1.165) is 69.6 Å². The van der Waals surface area contributed by atoms with Crippen LogP contribution in [0.4, 0.5) is 0 Å². The molecule has 0 bridgehead atoms.